The fourth-order valence-corrected chi connectivity index (χ4v) is 3.71. The van der Waals surface area contributed by atoms with Crippen LogP contribution >= 0.6 is 0 Å². The van der Waals surface area contributed by atoms with Crippen molar-refractivity contribution >= 4 is 5.91 Å². The predicted octanol–water partition coefficient (Wildman–Crippen LogP) is 8.33. The molecule has 2 rings (SSSR count). The van der Waals surface area contributed by atoms with E-state index in [1.54, 1.807) is 0 Å². The lowest BCUT2D eigenvalue weighted by Gasteiger charge is -2.16. The Hall–Kier alpha value is -3.27. The molecule has 1 amide bonds. The van der Waals surface area contributed by atoms with Crippen molar-refractivity contribution in [2.24, 2.45) is 0 Å². The van der Waals surface area contributed by atoms with Gasteiger partial charge < -0.3 is 14.8 Å². The Morgan fingerprint density at radius 3 is 1.84 bits per heavy atom. The second kappa shape index (κ2) is 18.0. The van der Waals surface area contributed by atoms with Gasteiger partial charge in [0.05, 0.1) is 0 Å². The first kappa shape index (κ1) is 30.0. The Morgan fingerprint density at radius 2 is 1.27 bits per heavy atom. The highest BCUT2D eigenvalue weighted by Crippen LogP contribution is 2.39. The summed E-state index contributed by atoms with van der Waals surface area (Å²) in [5, 5.41) is 3.00. The number of amides is 1. The van der Waals surface area contributed by atoms with Gasteiger partial charge in [0.25, 0.3) is 0 Å². The van der Waals surface area contributed by atoms with E-state index >= 15 is 0 Å². The highest BCUT2D eigenvalue weighted by atomic mass is 16.7. The number of carbonyl (C=O) groups excluding carboxylic acids is 1. The summed E-state index contributed by atoms with van der Waals surface area (Å²) in [6.07, 6.45) is 34.2. The summed E-state index contributed by atoms with van der Waals surface area (Å²) in [7, 11) is 0. The summed E-state index contributed by atoms with van der Waals surface area (Å²) in [5.74, 6) is 1.01. The lowest BCUT2D eigenvalue weighted by atomic mass is 10.1. The molecule has 0 bridgehead atoms. The zero-order valence-corrected chi connectivity index (χ0v) is 23.0. The number of nitrogens with one attached hydrogen (secondary N) is 1. The molecule has 0 atom stereocenters. The largest absolute Gasteiger partial charge is 0.449 e. The van der Waals surface area contributed by atoms with Gasteiger partial charge >= 0.3 is 0 Å². The molecule has 0 saturated carbocycles. The molecule has 0 radical (unpaired) electrons. The molecule has 200 valence electrons. The van der Waals surface area contributed by atoms with Crippen LogP contribution in [0.25, 0.3) is 0 Å². The predicted molar refractivity (Wildman–Crippen MR) is 156 cm³/mol. The smallest absolute Gasteiger partial charge is 0.246 e. The van der Waals surface area contributed by atoms with Crippen molar-refractivity contribution in [3.8, 4) is 11.5 Å². The van der Waals surface area contributed by atoms with Gasteiger partial charge in [-0.2, -0.15) is 0 Å². The van der Waals surface area contributed by atoms with Gasteiger partial charge in [-0.3, -0.25) is 4.79 Å². The quantitative estimate of drug-likeness (QED) is 0.217. The summed E-state index contributed by atoms with van der Waals surface area (Å²) in [4.78, 5) is 12.1. The van der Waals surface area contributed by atoms with Crippen molar-refractivity contribution < 1.29 is 14.3 Å². The van der Waals surface area contributed by atoms with E-state index in [0.29, 0.717) is 13.0 Å². The lowest BCUT2D eigenvalue weighted by molar-refractivity contribution is -0.120. The molecule has 1 N–H and O–H groups in total. The first-order valence-electron chi connectivity index (χ1n) is 13.7. The average Bonchev–Trinajstić information content (AvgIpc) is 3.18. The van der Waals surface area contributed by atoms with E-state index in [4.69, 9.17) is 9.47 Å². The maximum Gasteiger partial charge on any atom is 0.246 e. The van der Waals surface area contributed by atoms with Gasteiger partial charge in [-0.15, -0.1) is 0 Å². The van der Waals surface area contributed by atoms with Gasteiger partial charge in [0.1, 0.15) is 0 Å². The van der Waals surface area contributed by atoms with Crippen molar-refractivity contribution in [3.05, 3.63) is 96.7 Å². The first-order chi connectivity index (χ1) is 18.0. The van der Waals surface area contributed by atoms with Crippen molar-refractivity contribution in [1.29, 1.82) is 0 Å². The molecule has 0 unspecified atom stereocenters. The van der Waals surface area contributed by atoms with E-state index in [-0.39, 0.29) is 5.91 Å². The van der Waals surface area contributed by atoms with Crippen LogP contribution in [0.5, 0.6) is 11.5 Å². The molecule has 1 aliphatic rings. The Balaban J connectivity index is 1.45. The molecule has 0 spiro atoms. The van der Waals surface area contributed by atoms with Crippen LogP contribution in [-0.4, -0.2) is 18.2 Å². The van der Waals surface area contributed by atoms with Gasteiger partial charge in [0.2, 0.25) is 11.7 Å². The van der Waals surface area contributed by atoms with E-state index in [0.717, 1.165) is 68.4 Å². The molecule has 0 fully saturated rings. The maximum absolute atomic E-state index is 12.1. The Bertz CT molecular complexity index is 979. The normalized spacial score (nSPS) is 15.0. The third-order valence-corrected chi connectivity index (χ3v) is 5.59. The second-order valence-electron chi connectivity index (χ2n) is 9.44. The lowest BCUT2D eigenvalue weighted by Crippen LogP contribution is -2.29. The van der Waals surface area contributed by atoms with Crippen LogP contribution in [-0.2, 0) is 11.2 Å². The molecule has 1 aliphatic heterocycles. The standard InChI is InChI=1S/C33H45NO3/c1-4-5-6-7-8-9-10-11-12-13-14-15-16-17-18-19-20-21-22-23-32(35)34-27-26-29-24-25-30-31(28-29)37-33(2,3)36-30/h5-6,8-9,11-12,14-15,17-18,20-21,24-25,28H,4,7,10,13,16,19,22-23,26-27H2,1-3H3,(H,34,35)/b6-5-,9-8-,12-11-,15-14-,18-17-,21-20-. The third kappa shape index (κ3) is 14.2. The Morgan fingerprint density at radius 1 is 0.757 bits per heavy atom. The highest BCUT2D eigenvalue weighted by Gasteiger charge is 2.31. The molecular weight excluding hydrogens is 458 g/mol. The minimum Gasteiger partial charge on any atom is -0.449 e. The number of ether oxygens (including phenoxy) is 2. The van der Waals surface area contributed by atoms with Crippen LogP contribution in [0.15, 0.2) is 91.1 Å². The number of hydrogen-bond donors (Lipinski definition) is 1. The van der Waals surface area contributed by atoms with Gasteiger partial charge in [-0.25, -0.2) is 0 Å². The van der Waals surface area contributed by atoms with Crippen molar-refractivity contribution in [2.45, 2.75) is 84.3 Å². The minimum absolute atomic E-state index is 0.0846. The Kier molecular flexibility index (Phi) is 14.6. The number of carbonyl (C=O) groups is 1. The second-order valence-corrected chi connectivity index (χ2v) is 9.44. The molecule has 37 heavy (non-hydrogen) atoms. The van der Waals surface area contributed by atoms with Crippen molar-refractivity contribution in [2.75, 3.05) is 6.54 Å². The minimum atomic E-state index is -0.615. The molecule has 0 aromatic heterocycles. The third-order valence-electron chi connectivity index (χ3n) is 5.59. The zero-order valence-electron chi connectivity index (χ0n) is 23.0. The van der Waals surface area contributed by atoms with Gasteiger partial charge in [0.15, 0.2) is 11.5 Å². The summed E-state index contributed by atoms with van der Waals surface area (Å²) in [6, 6.07) is 5.95. The maximum atomic E-state index is 12.1. The van der Waals surface area contributed by atoms with E-state index < -0.39 is 5.79 Å². The van der Waals surface area contributed by atoms with Crippen LogP contribution in [0.4, 0.5) is 0 Å². The molecule has 4 heteroatoms. The SMILES string of the molecule is CC/C=C\C/C=C\C/C=C\C/C=C\C/C=C\C/C=C\CCC(=O)NCCc1ccc2c(c1)OC(C)(C)O2. The van der Waals surface area contributed by atoms with Crippen LogP contribution in [0.3, 0.4) is 0 Å². The van der Waals surface area contributed by atoms with E-state index in [9.17, 15) is 4.79 Å². The van der Waals surface area contributed by atoms with E-state index in [2.05, 4.69) is 85.2 Å². The first-order valence-corrected chi connectivity index (χ1v) is 13.7. The van der Waals surface area contributed by atoms with Gasteiger partial charge in [-0.05, 0) is 69.1 Å². The molecule has 1 aromatic carbocycles. The fourth-order valence-electron chi connectivity index (χ4n) is 3.71. The summed E-state index contributed by atoms with van der Waals surface area (Å²) >= 11 is 0. The van der Waals surface area contributed by atoms with Crippen LogP contribution in [0.1, 0.15) is 77.7 Å². The molecular formula is C33H45NO3. The number of hydrogen-bond acceptors (Lipinski definition) is 3. The molecule has 1 heterocycles. The van der Waals surface area contributed by atoms with Crippen molar-refractivity contribution in [3.63, 3.8) is 0 Å². The number of allylic oxidation sites excluding steroid dienone is 12. The monoisotopic (exact) mass is 503 g/mol. The summed E-state index contributed by atoms with van der Waals surface area (Å²) in [6.45, 7) is 6.56. The van der Waals surface area contributed by atoms with Gasteiger partial charge in [-0.1, -0.05) is 85.9 Å². The summed E-state index contributed by atoms with van der Waals surface area (Å²) in [5.41, 5.74) is 1.12. The summed E-state index contributed by atoms with van der Waals surface area (Å²) < 4.78 is 11.5. The van der Waals surface area contributed by atoms with Gasteiger partial charge in [0, 0.05) is 26.8 Å². The molecule has 0 aliphatic carbocycles. The van der Waals surface area contributed by atoms with Crippen LogP contribution in [0.2, 0.25) is 0 Å². The average molecular weight is 504 g/mol. The van der Waals surface area contributed by atoms with Crippen LogP contribution < -0.4 is 14.8 Å². The topological polar surface area (TPSA) is 47.6 Å². The highest BCUT2D eigenvalue weighted by molar-refractivity contribution is 5.76. The Labute approximate surface area is 224 Å². The molecule has 1 aromatic rings. The number of rotatable bonds is 17. The fraction of sp³-hybridized carbons (Fsp3) is 0.424. The molecule has 0 saturated heterocycles. The van der Waals surface area contributed by atoms with E-state index in [1.165, 1.54) is 0 Å². The number of benzene rings is 1. The zero-order chi connectivity index (χ0) is 26.6. The van der Waals surface area contributed by atoms with E-state index in [1.807, 2.05) is 32.0 Å². The van der Waals surface area contributed by atoms with Crippen LogP contribution in [0, 0.1) is 0 Å². The molecule has 4 nitrogen and oxygen atoms in total. The van der Waals surface area contributed by atoms with Crippen molar-refractivity contribution in [1.82, 2.24) is 5.32 Å². The number of fused-ring (bicyclic) bond motifs is 1.